The van der Waals surface area contributed by atoms with Gasteiger partial charge >= 0.3 is 5.22 Å². The van der Waals surface area contributed by atoms with Crippen LogP contribution in [0.5, 0.6) is 0 Å². The number of anilines is 1. The Bertz CT molecular complexity index is 752. The third kappa shape index (κ3) is 3.72. The fraction of sp³-hybridized carbons (Fsp3) is 0.385. The summed E-state index contributed by atoms with van der Waals surface area (Å²) in [5.41, 5.74) is 6.70. The van der Waals surface area contributed by atoms with E-state index >= 15 is 0 Å². The molecule has 0 bridgehead atoms. The van der Waals surface area contributed by atoms with Crippen LogP contribution in [0, 0.1) is 0 Å². The first-order chi connectivity index (χ1) is 9.92. The maximum Gasteiger partial charge on any atom is 0.316 e. The highest BCUT2D eigenvalue weighted by Gasteiger charge is 2.25. The van der Waals surface area contributed by atoms with Crippen molar-refractivity contribution in [3.05, 3.63) is 18.2 Å². The number of sulfone groups is 1. The number of nitrogens with zero attached hydrogens (tertiary/aromatic N) is 1. The van der Waals surface area contributed by atoms with Gasteiger partial charge in [0.05, 0.1) is 0 Å². The third-order valence-electron chi connectivity index (χ3n) is 2.83. The number of hydrogen-bond donors (Lipinski definition) is 2. The first kappa shape index (κ1) is 15.3. The minimum Gasteiger partial charge on any atom is -0.428 e. The molecule has 1 heterocycles. The second-order valence-corrected chi connectivity index (χ2v) is 6.54. The summed E-state index contributed by atoms with van der Waals surface area (Å²) in [7, 11) is -3.90. The van der Waals surface area contributed by atoms with E-state index in [1.807, 2.05) is 6.92 Å². The molecule has 21 heavy (non-hydrogen) atoms. The van der Waals surface area contributed by atoms with Gasteiger partial charge in [-0.1, -0.05) is 13.3 Å². The maximum atomic E-state index is 12.1. The number of hydrogen-bond acceptors (Lipinski definition) is 6. The minimum absolute atomic E-state index is 0.278. The lowest BCUT2D eigenvalue weighted by Gasteiger charge is -2.03. The Kier molecular flexibility index (Phi) is 4.46. The molecular weight excluding hydrogens is 294 g/mol. The minimum atomic E-state index is -3.90. The van der Waals surface area contributed by atoms with Gasteiger partial charge in [-0.25, -0.2) is 8.42 Å². The molecule has 0 aliphatic rings. The molecule has 0 aliphatic heterocycles. The number of carbonyl (C=O) groups is 1. The number of carbonyl (C=O) groups excluding carboxylic acids is 1. The van der Waals surface area contributed by atoms with E-state index in [-0.39, 0.29) is 5.58 Å². The zero-order chi connectivity index (χ0) is 15.5. The number of rotatable bonds is 6. The van der Waals surface area contributed by atoms with Gasteiger partial charge in [0, 0.05) is 18.3 Å². The van der Waals surface area contributed by atoms with Gasteiger partial charge in [-0.2, -0.15) is 4.98 Å². The lowest BCUT2D eigenvalue weighted by Crippen LogP contribution is -2.31. The summed E-state index contributed by atoms with van der Waals surface area (Å²) >= 11 is 0. The van der Waals surface area contributed by atoms with Crippen LogP contribution in [0.25, 0.3) is 11.1 Å². The lowest BCUT2D eigenvalue weighted by molar-refractivity contribution is -0.118. The number of nitrogens with one attached hydrogen (secondary N) is 1. The van der Waals surface area contributed by atoms with Gasteiger partial charge in [0.1, 0.15) is 11.3 Å². The van der Waals surface area contributed by atoms with Crippen molar-refractivity contribution in [1.29, 1.82) is 0 Å². The Hall–Kier alpha value is -2.09. The van der Waals surface area contributed by atoms with Gasteiger partial charge in [-0.15, -0.1) is 0 Å². The number of nitrogen functional groups attached to an aromatic ring is 1. The number of benzene rings is 1. The number of unbranched alkanes of at least 4 members (excludes halogenated alkanes) is 1. The number of amides is 1. The normalized spacial score (nSPS) is 11.7. The maximum absolute atomic E-state index is 12.1. The van der Waals surface area contributed by atoms with Gasteiger partial charge in [0.15, 0.2) is 5.58 Å². The van der Waals surface area contributed by atoms with E-state index in [2.05, 4.69) is 10.3 Å². The topological polar surface area (TPSA) is 115 Å². The first-order valence-electron chi connectivity index (χ1n) is 6.58. The average Bonchev–Trinajstić information content (AvgIpc) is 2.82. The van der Waals surface area contributed by atoms with Crippen LogP contribution in [0.4, 0.5) is 5.69 Å². The molecule has 1 aromatic heterocycles. The van der Waals surface area contributed by atoms with Crippen molar-refractivity contribution < 1.29 is 17.6 Å². The molecule has 0 aliphatic carbocycles. The molecule has 0 fully saturated rings. The summed E-state index contributed by atoms with van der Waals surface area (Å²) in [6, 6.07) is 4.65. The highest BCUT2D eigenvalue weighted by atomic mass is 32.2. The third-order valence-corrected chi connectivity index (χ3v) is 4.18. The zero-order valence-electron chi connectivity index (χ0n) is 11.6. The summed E-state index contributed by atoms with van der Waals surface area (Å²) in [5, 5.41) is 2.08. The predicted molar refractivity (Wildman–Crippen MR) is 78.4 cm³/mol. The van der Waals surface area contributed by atoms with E-state index in [0.717, 1.165) is 12.8 Å². The van der Waals surface area contributed by atoms with Crippen LogP contribution in [-0.2, 0) is 14.6 Å². The number of nitrogens with two attached hydrogens (primary N) is 1. The van der Waals surface area contributed by atoms with Crippen molar-refractivity contribution in [2.45, 2.75) is 25.0 Å². The van der Waals surface area contributed by atoms with Gasteiger partial charge in [0.2, 0.25) is 15.7 Å². The van der Waals surface area contributed by atoms with Gasteiger partial charge in [-0.3, -0.25) is 4.79 Å². The Balaban J connectivity index is 2.15. The SMILES string of the molecule is CCCCNC(=O)CS(=O)(=O)c1nc2ccc(N)cc2o1. The van der Waals surface area contributed by atoms with Gasteiger partial charge in [0.25, 0.3) is 0 Å². The number of aromatic nitrogens is 1. The largest absolute Gasteiger partial charge is 0.428 e. The highest BCUT2D eigenvalue weighted by Crippen LogP contribution is 2.21. The molecule has 114 valence electrons. The van der Waals surface area contributed by atoms with E-state index in [4.69, 9.17) is 10.2 Å². The van der Waals surface area contributed by atoms with Crippen LogP contribution in [0.1, 0.15) is 19.8 Å². The molecule has 0 saturated carbocycles. The molecule has 0 unspecified atom stereocenters. The summed E-state index contributed by atoms with van der Waals surface area (Å²) < 4.78 is 29.3. The molecule has 0 radical (unpaired) electrons. The fourth-order valence-corrected chi connectivity index (χ4v) is 2.77. The monoisotopic (exact) mass is 311 g/mol. The molecule has 3 N–H and O–H groups in total. The van der Waals surface area contributed by atoms with Crippen molar-refractivity contribution in [2.75, 3.05) is 18.0 Å². The van der Waals surface area contributed by atoms with E-state index in [1.165, 1.54) is 6.07 Å². The quantitative estimate of drug-likeness (QED) is 0.609. The van der Waals surface area contributed by atoms with Crippen LogP contribution < -0.4 is 11.1 Å². The molecular formula is C13H17N3O4S. The second kappa shape index (κ2) is 6.13. The van der Waals surface area contributed by atoms with Crippen molar-refractivity contribution >= 4 is 32.5 Å². The van der Waals surface area contributed by atoms with Crippen molar-refractivity contribution in [3.8, 4) is 0 Å². The first-order valence-corrected chi connectivity index (χ1v) is 8.23. The lowest BCUT2D eigenvalue weighted by atomic mass is 10.3. The molecule has 2 aromatic rings. The molecule has 1 aromatic carbocycles. The highest BCUT2D eigenvalue weighted by molar-refractivity contribution is 7.91. The zero-order valence-corrected chi connectivity index (χ0v) is 12.4. The van der Waals surface area contributed by atoms with Gasteiger partial charge < -0.3 is 15.5 Å². The van der Waals surface area contributed by atoms with E-state index in [9.17, 15) is 13.2 Å². The summed E-state index contributed by atoms with van der Waals surface area (Å²) in [4.78, 5) is 15.5. The summed E-state index contributed by atoms with van der Waals surface area (Å²) in [5.74, 6) is -1.25. The Morgan fingerprint density at radius 2 is 2.19 bits per heavy atom. The predicted octanol–water partition coefficient (Wildman–Crippen LogP) is 1.10. The molecule has 0 atom stereocenters. The Morgan fingerprint density at radius 3 is 2.90 bits per heavy atom. The number of oxazole rings is 1. The molecule has 2 rings (SSSR count). The van der Waals surface area contributed by atoms with Crippen molar-refractivity contribution in [2.24, 2.45) is 0 Å². The second-order valence-electron chi connectivity index (χ2n) is 4.67. The fourth-order valence-electron chi connectivity index (χ4n) is 1.74. The van der Waals surface area contributed by atoms with Crippen LogP contribution in [0.15, 0.2) is 27.8 Å². The number of fused-ring (bicyclic) bond motifs is 1. The van der Waals surface area contributed by atoms with Gasteiger partial charge in [-0.05, 0) is 18.6 Å². The Labute approximate surface area is 122 Å². The van der Waals surface area contributed by atoms with E-state index in [1.54, 1.807) is 12.1 Å². The standard InChI is InChI=1S/C13H17N3O4S/c1-2-3-6-15-12(17)8-21(18,19)13-16-10-5-4-9(14)7-11(10)20-13/h4-5,7H,2-3,6,8,14H2,1H3,(H,15,17). The molecule has 1 amide bonds. The van der Waals surface area contributed by atoms with Crippen LogP contribution >= 0.6 is 0 Å². The Morgan fingerprint density at radius 1 is 1.43 bits per heavy atom. The molecule has 0 saturated heterocycles. The van der Waals surface area contributed by atoms with E-state index < -0.39 is 26.7 Å². The van der Waals surface area contributed by atoms with Crippen LogP contribution in [0.3, 0.4) is 0 Å². The summed E-state index contributed by atoms with van der Waals surface area (Å²) in [6.45, 7) is 2.43. The van der Waals surface area contributed by atoms with Crippen LogP contribution in [0.2, 0.25) is 0 Å². The summed E-state index contributed by atoms with van der Waals surface area (Å²) in [6.07, 6.45) is 1.72. The molecule has 7 nitrogen and oxygen atoms in total. The van der Waals surface area contributed by atoms with Crippen LogP contribution in [-0.4, -0.2) is 31.6 Å². The smallest absolute Gasteiger partial charge is 0.316 e. The average molecular weight is 311 g/mol. The van der Waals surface area contributed by atoms with E-state index in [0.29, 0.717) is 17.7 Å². The molecule has 8 heteroatoms. The van der Waals surface area contributed by atoms with Crippen molar-refractivity contribution in [3.63, 3.8) is 0 Å². The van der Waals surface area contributed by atoms with Crippen molar-refractivity contribution in [1.82, 2.24) is 10.3 Å². The molecule has 0 spiro atoms.